The average molecular weight is 241 g/mol. The predicted octanol–water partition coefficient (Wildman–Crippen LogP) is 2.62. The van der Waals surface area contributed by atoms with E-state index in [1.54, 1.807) is 24.3 Å². The minimum Gasteiger partial charge on any atom is -0.500 e. The maximum absolute atomic E-state index is 11.3. The lowest BCUT2D eigenvalue weighted by Gasteiger charge is -2.07. The highest BCUT2D eigenvalue weighted by Gasteiger charge is 2.00. The topological polar surface area (TPSA) is 50.4 Å². The zero-order chi connectivity index (χ0) is 11.8. The molecule has 2 amide bonds. The largest absolute Gasteiger partial charge is 0.500 e. The Hall–Kier alpha value is -1.68. The summed E-state index contributed by atoms with van der Waals surface area (Å²) >= 11 is 5.77. The number of hydrogen-bond donors (Lipinski definition) is 2. The van der Waals surface area contributed by atoms with Crippen molar-refractivity contribution in [3.05, 3.63) is 42.1 Å². The minimum absolute atomic E-state index is 0.296. The second-order valence-electron chi connectivity index (χ2n) is 2.93. The van der Waals surface area contributed by atoms with E-state index in [9.17, 15) is 4.79 Å². The number of carbonyl (C=O) groups is 1. The van der Waals surface area contributed by atoms with E-state index >= 15 is 0 Å². The van der Waals surface area contributed by atoms with Gasteiger partial charge in [0, 0.05) is 10.7 Å². The van der Waals surface area contributed by atoms with Crippen molar-refractivity contribution in [1.29, 1.82) is 0 Å². The van der Waals surface area contributed by atoms with Crippen LogP contribution < -0.4 is 10.6 Å². The molecule has 1 rings (SSSR count). The molecule has 0 aliphatic rings. The molecule has 0 heterocycles. The van der Waals surface area contributed by atoms with Gasteiger partial charge in [-0.25, -0.2) is 4.79 Å². The van der Waals surface area contributed by atoms with Crippen LogP contribution in [0.25, 0.3) is 0 Å². The highest BCUT2D eigenvalue weighted by molar-refractivity contribution is 6.30. The molecule has 0 saturated heterocycles. The molecule has 0 aliphatic heterocycles. The van der Waals surface area contributed by atoms with Gasteiger partial charge in [-0.1, -0.05) is 24.2 Å². The summed E-state index contributed by atoms with van der Waals surface area (Å²) < 4.78 is 4.85. The van der Waals surface area contributed by atoms with Crippen LogP contribution >= 0.6 is 11.6 Å². The molecule has 2 N–H and O–H groups in total. The summed E-state index contributed by atoms with van der Waals surface area (Å²) in [6, 6.07) is 6.63. The predicted molar refractivity (Wildman–Crippen MR) is 64.6 cm³/mol. The molecule has 16 heavy (non-hydrogen) atoms. The molecule has 0 atom stereocenters. The van der Waals surface area contributed by atoms with Crippen LogP contribution in [0.4, 0.5) is 10.5 Å². The van der Waals surface area contributed by atoms with E-state index in [-0.39, 0.29) is 6.03 Å². The van der Waals surface area contributed by atoms with Crippen molar-refractivity contribution in [3.8, 4) is 0 Å². The summed E-state index contributed by atoms with van der Waals surface area (Å²) in [6.45, 7) is 4.20. The van der Waals surface area contributed by atoms with E-state index in [1.165, 1.54) is 6.26 Å². The smallest absolute Gasteiger partial charge is 0.319 e. The number of ether oxygens (including phenoxy) is 1. The van der Waals surface area contributed by atoms with Crippen molar-refractivity contribution < 1.29 is 9.53 Å². The Kier molecular flexibility index (Phi) is 5.22. The fraction of sp³-hybridized carbons (Fsp3) is 0.182. The number of halogens is 1. The first-order valence-electron chi connectivity index (χ1n) is 4.75. The van der Waals surface area contributed by atoms with Crippen LogP contribution in [-0.4, -0.2) is 19.2 Å². The summed E-state index contributed by atoms with van der Waals surface area (Å²) in [6.07, 6.45) is 1.33. The first-order valence-corrected chi connectivity index (χ1v) is 5.13. The molecule has 0 spiro atoms. The van der Waals surface area contributed by atoms with Gasteiger partial charge >= 0.3 is 6.03 Å². The second kappa shape index (κ2) is 6.74. The number of amides is 2. The molecular formula is C11H13ClN2O2. The highest BCUT2D eigenvalue weighted by Crippen LogP contribution is 2.14. The van der Waals surface area contributed by atoms with Gasteiger partial charge < -0.3 is 15.4 Å². The molecule has 5 heteroatoms. The van der Waals surface area contributed by atoms with Crippen LogP contribution in [0.3, 0.4) is 0 Å². The molecule has 0 bridgehead atoms. The number of carbonyl (C=O) groups excluding carboxylic acids is 1. The quantitative estimate of drug-likeness (QED) is 0.614. The van der Waals surface area contributed by atoms with Gasteiger partial charge in [0.25, 0.3) is 0 Å². The number of urea groups is 1. The molecule has 0 aromatic heterocycles. The first kappa shape index (κ1) is 12.4. The Morgan fingerprint density at radius 3 is 3.06 bits per heavy atom. The molecule has 0 aliphatic carbocycles. The molecule has 1 aromatic carbocycles. The average Bonchev–Trinajstić information content (AvgIpc) is 2.24. The van der Waals surface area contributed by atoms with E-state index in [0.717, 1.165) is 0 Å². The van der Waals surface area contributed by atoms with Gasteiger partial charge in [0.1, 0.15) is 6.61 Å². The first-order chi connectivity index (χ1) is 7.72. The Labute approximate surface area is 99.2 Å². The van der Waals surface area contributed by atoms with E-state index in [0.29, 0.717) is 23.9 Å². The number of benzene rings is 1. The molecule has 0 saturated carbocycles. The van der Waals surface area contributed by atoms with Crippen LogP contribution in [0.5, 0.6) is 0 Å². The van der Waals surface area contributed by atoms with Crippen molar-refractivity contribution >= 4 is 23.3 Å². The fourth-order valence-corrected chi connectivity index (χ4v) is 1.24. The van der Waals surface area contributed by atoms with Crippen molar-refractivity contribution in [3.63, 3.8) is 0 Å². The highest BCUT2D eigenvalue weighted by atomic mass is 35.5. The summed E-state index contributed by atoms with van der Waals surface area (Å²) in [4.78, 5) is 11.3. The molecule has 0 fully saturated rings. The van der Waals surface area contributed by atoms with Crippen LogP contribution in [0.2, 0.25) is 5.02 Å². The van der Waals surface area contributed by atoms with Gasteiger partial charge in [-0.3, -0.25) is 0 Å². The van der Waals surface area contributed by atoms with Crippen molar-refractivity contribution in [1.82, 2.24) is 5.32 Å². The van der Waals surface area contributed by atoms with Crippen LogP contribution in [-0.2, 0) is 4.74 Å². The Balaban J connectivity index is 2.31. The number of hydrogen-bond acceptors (Lipinski definition) is 2. The summed E-state index contributed by atoms with van der Waals surface area (Å²) in [5, 5.41) is 5.84. The third-order valence-corrected chi connectivity index (χ3v) is 1.94. The van der Waals surface area contributed by atoms with E-state index in [2.05, 4.69) is 17.2 Å². The van der Waals surface area contributed by atoms with E-state index in [1.807, 2.05) is 0 Å². The van der Waals surface area contributed by atoms with E-state index in [4.69, 9.17) is 16.3 Å². The van der Waals surface area contributed by atoms with Crippen LogP contribution in [0, 0.1) is 0 Å². The monoisotopic (exact) mass is 240 g/mol. The number of rotatable bonds is 5. The summed E-state index contributed by atoms with van der Waals surface area (Å²) in [7, 11) is 0. The molecular weight excluding hydrogens is 228 g/mol. The Morgan fingerprint density at radius 1 is 1.56 bits per heavy atom. The van der Waals surface area contributed by atoms with E-state index < -0.39 is 0 Å². The molecule has 86 valence electrons. The zero-order valence-electron chi connectivity index (χ0n) is 8.70. The standard InChI is InChI=1S/C11H13ClN2O2/c1-2-16-7-6-13-11(15)14-10-5-3-4-9(12)8-10/h2-5,8H,1,6-7H2,(H2,13,14,15). The molecule has 1 aromatic rings. The van der Waals surface area contributed by atoms with Crippen molar-refractivity contribution in [2.75, 3.05) is 18.5 Å². The summed E-state index contributed by atoms with van der Waals surface area (Å²) in [5.41, 5.74) is 0.648. The normalized spacial score (nSPS) is 9.31. The van der Waals surface area contributed by atoms with Gasteiger partial charge in [0.15, 0.2) is 0 Å². The Bertz CT molecular complexity index is 369. The van der Waals surface area contributed by atoms with Gasteiger partial charge in [0.2, 0.25) is 0 Å². The Morgan fingerprint density at radius 2 is 2.38 bits per heavy atom. The molecule has 0 radical (unpaired) electrons. The third kappa shape index (κ3) is 4.70. The SMILES string of the molecule is C=COCCNC(=O)Nc1cccc(Cl)c1. The molecule has 0 unspecified atom stereocenters. The zero-order valence-corrected chi connectivity index (χ0v) is 9.46. The van der Waals surface area contributed by atoms with Gasteiger partial charge in [-0.15, -0.1) is 0 Å². The van der Waals surface area contributed by atoms with Crippen LogP contribution in [0.15, 0.2) is 37.1 Å². The van der Waals surface area contributed by atoms with Gasteiger partial charge in [0.05, 0.1) is 12.8 Å². The molecule has 4 nitrogen and oxygen atoms in total. The number of anilines is 1. The lowest BCUT2D eigenvalue weighted by Crippen LogP contribution is -2.31. The fourth-order valence-electron chi connectivity index (χ4n) is 1.05. The third-order valence-electron chi connectivity index (χ3n) is 1.71. The lowest BCUT2D eigenvalue weighted by molar-refractivity contribution is 0.234. The van der Waals surface area contributed by atoms with Gasteiger partial charge in [-0.2, -0.15) is 0 Å². The maximum Gasteiger partial charge on any atom is 0.319 e. The summed E-state index contributed by atoms with van der Waals surface area (Å²) in [5.74, 6) is 0. The maximum atomic E-state index is 11.3. The van der Waals surface area contributed by atoms with Crippen LogP contribution in [0.1, 0.15) is 0 Å². The van der Waals surface area contributed by atoms with Gasteiger partial charge in [-0.05, 0) is 18.2 Å². The second-order valence-corrected chi connectivity index (χ2v) is 3.37. The lowest BCUT2D eigenvalue weighted by atomic mass is 10.3. The number of nitrogens with one attached hydrogen (secondary N) is 2. The minimum atomic E-state index is -0.296. The van der Waals surface area contributed by atoms with Crippen molar-refractivity contribution in [2.24, 2.45) is 0 Å². The van der Waals surface area contributed by atoms with Crippen molar-refractivity contribution in [2.45, 2.75) is 0 Å².